The van der Waals surface area contributed by atoms with Gasteiger partial charge in [-0.3, -0.25) is 0 Å². The van der Waals surface area contributed by atoms with Crippen LogP contribution >= 0.6 is 0 Å². The molecule has 1 aromatic carbocycles. The monoisotopic (exact) mass is 284 g/mol. The second-order valence-electron chi connectivity index (χ2n) is 4.94. The molecule has 0 amide bonds. The summed E-state index contributed by atoms with van der Waals surface area (Å²) in [5.74, 6) is 0.346. The first-order chi connectivity index (χ1) is 8.90. The Hall–Kier alpha value is -0.910. The Bertz CT molecular complexity index is 483. The van der Waals surface area contributed by atoms with E-state index in [4.69, 9.17) is 0 Å². The molecule has 0 radical (unpaired) electrons. The fourth-order valence-electron chi connectivity index (χ4n) is 1.58. The standard InChI is InChI=1S/C14H24N2O2S/c1-5-11(2)10-16-19(17,18)14-8-6-13(7-9-14)12(3)15-4/h6-9,11-12,15-16H,5,10H2,1-4H3. The lowest BCUT2D eigenvalue weighted by Crippen LogP contribution is -2.28. The lowest BCUT2D eigenvalue weighted by Gasteiger charge is -2.13. The minimum absolute atomic E-state index is 0.213. The number of benzene rings is 1. The maximum Gasteiger partial charge on any atom is 0.240 e. The van der Waals surface area contributed by atoms with Crippen molar-refractivity contribution < 1.29 is 8.42 Å². The zero-order valence-electron chi connectivity index (χ0n) is 12.1. The summed E-state index contributed by atoms with van der Waals surface area (Å²) >= 11 is 0. The summed E-state index contributed by atoms with van der Waals surface area (Å²) in [5.41, 5.74) is 1.07. The molecule has 0 saturated heterocycles. The van der Waals surface area contributed by atoms with Crippen LogP contribution in [0.2, 0.25) is 0 Å². The predicted molar refractivity (Wildman–Crippen MR) is 78.6 cm³/mol. The molecule has 1 aromatic rings. The quantitative estimate of drug-likeness (QED) is 0.807. The van der Waals surface area contributed by atoms with Crippen molar-refractivity contribution in [2.45, 2.75) is 38.1 Å². The Labute approximate surface area is 116 Å². The molecule has 0 aliphatic rings. The molecule has 0 aliphatic heterocycles. The Morgan fingerprint density at radius 2 is 1.74 bits per heavy atom. The van der Waals surface area contributed by atoms with Crippen LogP contribution in [0.1, 0.15) is 38.8 Å². The molecule has 0 bridgehead atoms. The minimum Gasteiger partial charge on any atom is -0.313 e. The summed E-state index contributed by atoms with van der Waals surface area (Å²) in [6, 6.07) is 7.21. The van der Waals surface area contributed by atoms with Gasteiger partial charge in [-0.05, 0) is 37.6 Å². The average Bonchev–Trinajstić information content (AvgIpc) is 2.44. The Balaban J connectivity index is 2.79. The molecule has 0 aromatic heterocycles. The van der Waals surface area contributed by atoms with Crippen molar-refractivity contribution >= 4 is 10.0 Å². The molecule has 19 heavy (non-hydrogen) atoms. The first kappa shape index (κ1) is 16.1. The van der Waals surface area contributed by atoms with Crippen LogP contribution in [0.15, 0.2) is 29.2 Å². The molecule has 5 heteroatoms. The van der Waals surface area contributed by atoms with Crippen LogP contribution in [-0.4, -0.2) is 22.0 Å². The summed E-state index contributed by atoms with van der Waals surface area (Å²) in [5, 5.41) is 3.12. The van der Waals surface area contributed by atoms with Crippen LogP contribution in [-0.2, 0) is 10.0 Å². The van der Waals surface area contributed by atoms with E-state index in [0.29, 0.717) is 17.4 Å². The highest BCUT2D eigenvalue weighted by atomic mass is 32.2. The molecule has 2 unspecified atom stereocenters. The highest BCUT2D eigenvalue weighted by Crippen LogP contribution is 2.16. The van der Waals surface area contributed by atoms with E-state index in [1.807, 2.05) is 40.0 Å². The van der Waals surface area contributed by atoms with Gasteiger partial charge >= 0.3 is 0 Å². The smallest absolute Gasteiger partial charge is 0.240 e. The molecule has 4 nitrogen and oxygen atoms in total. The predicted octanol–water partition coefficient (Wildman–Crippen LogP) is 2.29. The van der Waals surface area contributed by atoms with Crippen molar-refractivity contribution in [2.24, 2.45) is 5.92 Å². The zero-order valence-corrected chi connectivity index (χ0v) is 12.9. The van der Waals surface area contributed by atoms with Gasteiger partial charge in [0.1, 0.15) is 0 Å². The molecule has 108 valence electrons. The van der Waals surface area contributed by atoms with Crippen molar-refractivity contribution in [1.82, 2.24) is 10.0 Å². The Kier molecular flexibility index (Phi) is 5.97. The molecule has 0 fully saturated rings. The molecule has 0 aliphatic carbocycles. The van der Waals surface area contributed by atoms with E-state index in [-0.39, 0.29) is 6.04 Å². The maximum atomic E-state index is 12.1. The van der Waals surface area contributed by atoms with E-state index in [1.54, 1.807) is 12.1 Å². The largest absolute Gasteiger partial charge is 0.313 e. The summed E-state index contributed by atoms with van der Waals surface area (Å²) in [6.07, 6.45) is 0.959. The van der Waals surface area contributed by atoms with Crippen LogP contribution in [0, 0.1) is 5.92 Å². The Morgan fingerprint density at radius 3 is 2.21 bits per heavy atom. The van der Waals surface area contributed by atoms with Gasteiger partial charge in [-0.2, -0.15) is 0 Å². The van der Waals surface area contributed by atoms with Crippen LogP contribution in [0.5, 0.6) is 0 Å². The molecule has 2 N–H and O–H groups in total. The third-order valence-corrected chi connectivity index (χ3v) is 4.88. The van der Waals surface area contributed by atoms with Gasteiger partial charge in [0.15, 0.2) is 0 Å². The van der Waals surface area contributed by atoms with Crippen LogP contribution in [0.25, 0.3) is 0 Å². The molecule has 0 heterocycles. The van der Waals surface area contributed by atoms with Crippen LogP contribution < -0.4 is 10.0 Å². The van der Waals surface area contributed by atoms with E-state index in [0.717, 1.165) is 12.0 Å². The number of sulfonamides is 1. The van der Waals surface area contributed by atoms with Gasteiger partial charge in [-0.15, -0.1) is 0 Å². The average molecular weight is 284 g/mol. The lowest BCUT2D eigenvalue weighted by atomic mass is 10.1. The first-order valence-electron chi connectivity index (χ1n) is 6.67. The van der Waals surface area contributed by atoms with E-state index < -0.39 is 10.0 Å². The molecule has 2 atom stereocenters. The van der Waals surface area contributed by atoms with E-state index >= 15 is 0 Å². The van der Waals surface area contributed by atoms with Crippen molar-refractivity contribution in [3.05, 3.63) is 29.8 Å². The van der Waals surface area contributed by atoms with Crippen LogP contribution in [0.4, 0.5) is 0 Å². The molecular weight excluding hydrogens is 260 g/mol. The van der Waals surface area contributed by atoms with Crippen LogP contribution in [0.3, 0.4) is 0 Å². The minimum atomic E-state index is -3.39. The fraction of sp³-hybridized carbons (Fsp3) is 0.571. The number of hydrogen-bond acceptors (Lipinski definition) is 3. The number of rotatable bonds is 7. The van der Waals surface area contributed by atoms with Gasteiger partial charge in [0.25, 0.3) is 0 Å². The summed E-state index contributed by atoms with van der Waals surface area (Å²) < 4.78 is 26.8. The lowest BCUT2D eigenvalue weighted by molar-refractivity contribution is 0.528. The topological polar surface area (TPSA) is 58.2 Å². The second-order valence-corrected chi connectivity index (χ2v) is 6.71. The SMILES string of the molecule is CCC(C)CNS(=O)(=O)c1ccc(C(C)NC)cc1. The van der Waals surface area contributed by atoms with Crippen molar-refractivity contribution in [1.29, 1.82) is 0 Å². The van der Waals surface area contributed by atoms with Gasteiger partial charge in [0, 0.05) is 12.6 Å². The van der Waals surface area contributed by atoms with Gasteiger partial charge < -0.3 is 5.32 Å². The molecule has 0 saturated carbocycles. The summed E-state index contributed by atoms with van der Waals surface area (Å²) in [7, 11) is -1.51. The fourth-order valence-corrected chi connectivity index (χ4v) is 2.75. The third-order valence-electron chi connectivity index (χ3n) is 3.44. The zero-order chi connectivity index (χ0) is 14.5. The third kappa shape index (κ3) is 4.60. The van der Waals surface area contributed by atoms with E-state index in [2.05, 4.69) is 10.0 Å². The van der Waals surface area contributed by atoms with Gasteiger partial charge in [-0.1, -0.05) is 32.4 Å². The maximum absolute atomic E-state index is 12.1. The van der Waals surface area contributed by atoms with E-state index in [1.165, 1.54) is 0 Å². The Morgan fingerprint density at radius 1 is 1.16 bits per heavy atom. The van der Waals surface area contributed by atoms with Gasteiger partial charge in [-0.25, -0.2) is 13.1 Å². The summed E-state index contributed by atoms with van der Waals surface area (Å²) in [6.45, 7) is 6.59. The molecule has 1 rings (SSSR count). The molecular formula is C14H24N2O2S. The van der Waals surface area contributed by atoms with Gasteiger partial charge in [0.05, 0.1) is 4.90 Å². The highest BCUT2D eigenvalue weighted by molar-refractivity contribution is 7.89. The van der Waals surface area contributed by atoms with Crippen molar-refractivity contribution in [3.8, 4) is 0 Å². The number of hydrogen-bond donors (Lipinski definition) is 2. The first-order valence-corrected chi connectivity index (χ1v) is 8.16. The second kappa shape index (κ2) is 7.03. The van der Waals surface area contributed by atoms with E-state index in [9.17, 15) is 8.42 Å². The van der Waals surface area contributed by atoms with Crippen molar-refractivity contribution in [2.75, 3.05) is 13.6 Å². The van der Waals surface area contributed by atoms with Gasteiger partial charge in [0.2, 0.25) is 10.0 Å². The highest BCUT2D eigenvalue weighted by Gasteiger charge is 2.15. The van der Waals surface area contributed by atoms with Crippen molar-refractivity contribution in [3.63, 3.8) is 0 Å². The number of nitrogens with one attached hydrogen (secondary N) is 2. The molecule has 0 spiro atoms. The normalized spacial score (nSPS) is 15.2. The summed E-state index contributed by atoms with van der Waals surface area (Å²) in [4.78, 5) is 0.322.